The van der Waals surface area contributed by atoms with Gasteiger partial charge in [-0.05, 0) is 25.7 Å². The summed E-state index contributed by atoms with van der Waals surface area (Å²) in [6.45, 7) is 3.91. The monoisotopic (exact) mass is 599 g/mol. The van der Waals surface area contributed by atoms with Crippen molar-refractivity contribution in [1.29, 1.82) is 0 Å². The summed E-state index contributed by atoms with van der Waals surface area (Å²) in [6, 6.07) is 0. The summed E-state index contributed by atoms with van der Waals surface area (Å²) in [7, 11) is 0. The quantitative estimate of drug-likeness (QED) is 0.0513. The largest absolute Gasteiger partial charge is 0.481 e. The van der Waals surface area contributed by atoms with E-state index in [0.29, 0.717) is 12.8 Å². The van der Waals surface area contributed by atoms with E-state index in [1.807, 2.05) is 6.92 Å². The number of unbranched alkanes of at least 4 members (excludes halogenated alkanes) is 21. The van der Waals surface area contributed by atoms with E-state index in [9.17, 15) is 19.8 Å². The minimum Gasteiger partial charge on any atom is -0.481 e. The third-order valence-corrected chi connectivity index (χ3v) is 9.12. The molecule has 1 atom stereocenters. The van der Waals surface area contributed by atoms with Gasteiger partial charge >= 0.3 is 11.9 Å². The molecular weight excluding hydrogens is 528 g/mol. The van der Waals surface area contributed by atoms with Gasteiger partial charge in [0.1, 0.15) is 6.61 Å². The molecule has 6 heteroatoms. The highest BCUT2D eigenvalue weighted by molar-refractivity contribution is 5.72. The van der Waals surface area contributed by atoms with E-state index in [0.717, 1.165) is 38.5 Å². The fraction of sp³-hybridized carbons (Fsp3) is 0.944. The molecule has 0 aliphatic carbocycles. The number of carboxylic acid groups (broad SMARTS) is 1. The van der Waals surface area contributed by atoms with Gasteiger partial charge in [-0.15, -0.1) is 0 Å². The fourth-order valence-electron chi connectivity index (χ4n) is 5.68. The molecule has 3 N–H and O–H groups in total. The predicted molar refractivity (Wildman–Crippen MR) is 175 cm³/mol. The molecule has 0 bridgehead atoms. The van der Waals surface area contributed by atoms with Gasteiger partial charge in [0.05, 0.1) is 24.5 Å². The van der Waals surface area contributed by atoms with Crippen LogP contribution in [0.25, 0.3) is 0 Å². The van der Waals surface area contributed by atoms with E-state index in [4.69, 9.17) is 9.84 Å². The third-order valence-electron chi connectivity index (χ3n) is 9.12. The molecule has 1 unspecified atom stereocenters. The maximum atomic E-state index is 13.0. The molecule has 0 heterocycles. The molecule has 0 saturated carbocycles. The molecule has 42 heavy (non-hydrogen) atoms. The maximum Gasteiger partial charge on any atom is 0.308 e. The van der Waals surface area contributed by atoms with E-state index in [2.05, 4.69) is 6.92 Å². The smallest absolute Gasteiger partial charge is 0.308 e. The van der Waals surface area contributed by atoms with Crippen LogP contribution in [-0.2, 0) is 14.3 Å². The highest BCUT2D eigenvalue weighted by atomic mass is 16.5. The topological polar surface area (TPSA) is 104 Å². The molecular formula is C36H70O6. The Kier molecular flexibility index (Phi) is 29.1. The van der Waals surface area contributed by atoms with Gasteiger partial charge in [0.25, 0.3) is 0 Å². The molecule has 0 saturated heterocycles. The summed E-state index contributed by atoms with van der Waals surface area (Å²) >= 11 is 0. The number of ether oxygens (including phenoxy) is 1. The lowest BCUT2D eigenvalue weighted by atomic mass is 9.88. The Morgan fingerprint density at radius 3 is 1.26 bits per heavy atom. The Balaban J connectivity index is 4.05. The van der Waals surface area contributed by atoms with Crippen LogP contribution in [0.1, 0.15) is 187 Å². The van der Waals surface area contributed by atoms with Crippen LogP contribution in [0.5, 0.6) is 0 Å². The van der Waals surface area contributed by atoms with Crippen LogP contribution in [-0.4, -0.2) is 47.1 Å². The lowest BCUT2D eigenvalue weighted by Gasteiger charge is -2.28. The van der Waals surface area contributed by atoms with Crippen molar-refractivity contribution in [3.63, 3.8) is 0 Å². The predicted octanol–water partition coefficient (Wildman–Crippen LogP) is 9.77. The molecule has 0 fully saturated rings. The van der Waals surface area contributed by atoms with E-state index < -0.39 is 11.4 Å². The first-order valence-electron chi connectivity index (χ1n) is 18.0. The molecule has 6 nitrogen and oxygen atoms in total. The Morgan fingerprint density at radius 2 is 0.929 bits per heavy atom. The number of carbonyl (C=O) groups is 2. The number of esters is 1. The number of carboxylic acids is 1. The van der Waals surface area contributed by atoms with E-state index in [1.54, 1.807) is 0 Å². The van der Waals surface area contributed by atoms with Crippen molar-refractivity contribution in [2.75, 3.05) is 19.8 Å². The summed E-state index contributed by atoms with van der Waals surface area (Å²) in [5, 5.41) is 28.1. The van der Waals surface area contributed by atoms with Crippen molar-refractivity contribution in [2.45, 2.75) is 187 Å². The number of hydrogen-bond acceptors (Lipinski definition) is 5. The van der Waals surface area contributed by atoms with Crippen LogP contribution in [0, 0.1) is 11.3 Å². The first-order chi connectivity index (χ1) is 20.4. The Labute approximate surface area is 259 Å². The third kappa shape index (κ3) is 24.3. The van der Waals surface area contributed by atoms with E-state index in [-0.39, 0.29) is 31.7 Å². The van der Waals surface area contributed by atoms with Crippen molar-refractivity contribution in [1.82, 2.24) is 0 Å². The number of carbonyl (C=O) groups excluding carboxylic acids is 1. The molecule has 0 aromatic heterocycles. The molecule has 0 aliphatic rings. The van der Waals surface area contributed by atoms with Crippen molar-refractivity contribution in [3.8, 4) is 0 Å². The Morgan fingerprint density at radius 1 is 0.571 bits per heavy atom. The summed E-state index contributed by atoms with van der Waals surface area (Å²) in [5.41, 5.74) is -0.733. The number of aliphatic carboxylic acids is 1. The first-order valence-corrected chi connectivity index (χ1v) is 18.0. The average molecular weight is 599 g/mol. The number of aliphatic hydroxyl groups excluding tert-OH is 2. The average Bonchev–Trinajstić information content (AvgIpc) is 2.99. The van der Waals surface area contributed by atoms with Gasteiger partial charge in [-0.2, -0.15) is 0 Å². The van der Waals surface area contributed by atoms with Crippen LogP contribution in [0.2, 0.25) is 0 Å². The van der Waals surface area contributed by atoms with Gasteiger partial charge in [-0.3, -0.25) is 9.59 Å². The van der Waals surface area contributed by atoms with Crippen LogP contribution in [0.15, 0.2) is 0 Å². The molecule has 250 valence electrons. The van der Waals surface area contributed by atoms with Crippen molar-refractivity contribution < 1.29 is 29.6 Å². The lowest BCUT2D eigenvalue weighted by molar-refractivity contribution is -0.155. The van der Waals surface area contributed by atoms with Crippen molar-refractivity contribution >= 4 is 11.9 Å². The zero-order chi connectivity index (χ0) is 31.2. The lowest BCUT2D eigenvalue weighted by Crippen LogP contribution is -2.36. The Hall–Kier alpha value is -1.14. The van der Waals surface area contributed by atoms with Gasteiger partial charge in [0.15, 0.2) is 0 Å². The molecule has 0 rings (SSSR count). The second-order valence-corrected chi connectivity index (χ2v) is 13.0. The summed E-state index contributed by atoms with van der Waals surface area (Å²) in [6.07, 6.45) is 30.9. The Bertz CT molecular complexity index is 595. The van der Waals surface area contributed by atoms with Crippen molar-refractivity contribution in [2.24, 2.45) is 11.3 Å². The second kappa shape index (κ2) is 29.9. The summed E-state index contributed by atoms with van der Waals surface area (Å²) in [5.74, 6) is -0.887. The number of hydrogen-bond donors (Lipinski definition) is 3. The van der Waals surface area contributed by atoms with Crippen LogP contribution in [0.4, 0.5) is 0 Å². The molecule has 0 aromatic carbocycles. The minimum atomic E-state index is -0.733. The molecule has 0 amide bonds. The standard InChI is InChI=1S/C36H70O6/c1-3-5-6-7-8-18-21-24-27-33(35(41)42-32-36(4-2,30-37)31-38)28-25-22-19-16-14-12-10-9-11-13-15-17-20-23-26-29-34(39)40/h33,37-38H,3-32H2,1-2H3,(H,39,40). The van der Waals surface area contributed by atoms with Gasteiger partial charge in [0.2, 0.25) is 0 Å². The highest BCUT2D eigenvalue weighted by Crippen LogP contribution is 2.25. The van der Waals surface area contributed by atoms with Crippen LogP contribution >= 0.6 is 0 Å². The molecule has 0 radical (unpaired) electrons. The van der Waals surface area contributed by atoms with Crippen molar-refractivity contribution in [3.05, 3.63) is 0 Å². The SMILES string of the molecule is CCCCCCCCCCC(CCCCCCCCCCCCCCCCCC(=O)O)C(=O)OCC(CC)(CO)CO. The van der Waals surface area contributed by atoms with E-state index in [1.165, 1.54) is 122 Å². The highest BCUT2D eigenvalue weighted by Gasteiger charge is 2.30. The van der Waals surface area contributed by atoms with Crippen LogP contribution < -0.4 is 0 Å². The zero-order valence-corrected chi connectivity index (χ0v) is 27.9. The van der Waals surface area contributed by atoms with Crippen LogP contribution in [0.3, 0.4) is 0 Å². The zero-order valence-electron chi connectivity index (χ0n) is 27.9. The van der Waals surface area contributed by atoms with Gasteiger partial charge < -0.3 is 20.1 Å². The van der Waals surface area contributed by atoms with Gasteiger partial charge in [-0.1, -0.05) is 155 Å². The minimum absolute atomic E-state index is 0.0678. The molecule has 0 spiro atoms. The van der Waals surface area contributed by atoms with E-state index >= 15 is 0 Å². The van der Waals surface area contributed by atoms with Gasteiger partial charge in [0, 0.05) is 6.42 Å². The fourth-order valence-corrected chi connectivity index (χ4v) is 5.68. The number of rotatable bonds is 33. The molecule has 0 aromatic rings. The number of aliphatic hydroxyl groups is 2. The maximum absolute atomic E-state index is 13.0. The summed E-state index contributed by atoms with van der Waals surface area (Å²) < 4.78 is 5.67. The second-order valence-electron chi connectivity index (χ2n) is 13.0. The summed E-state index contributed by atoms with van der Waals surface area (Å²) in [4.78, 5) is 23.5. The normalized spacial score (nSPS) is 12.5. The van der Waals surface area contributed by atoms with Gasteiger partial charge in [-0.25, -0.2) is 0 Å². The first kappa shape index (κ1) is 40.9. The molecule has 0 aliphatic heterocycles.